The van der Waals surface area contributed by atoms with Crippen LogP contribution in [0.25, 0.3) is 0 Å². The van der Waals surface area contributed by atoms with Crippen molar-refractivity contribution in [1.29, 1.82) is 0 Å². The van der Waals surface area contributed by atoms with Gasteiger partial charge in [0.05, 0.1) is 18.1 Å². The Bertz CT molecular complexity index is 430. The first-order chi connectivity index (χ1) is 9.03. The standard InChI is InChI=1S/C15H22BrNO2/c1-5-12(6-2)17(3)10-14(18)11-7-8-15(19-4)13(16)9-11/h7-9,12H,5-6,10H2,1-4H3. The van der Waals surface area contributed by atoms with E-state index >= 15 is 0 Å². The lowest BCUT2D eigenvalue weighted by Gasteiger charge is -2.25. The minimum absolute atomic E-state index is 0.137. The molecule has 1 aromatic rings. The summed E-state index contributed by atoms with van der Waals surface area (Å²) in [7, 11) is 3.62. The molecule has 0 fully saturated rings. The lowest BCUT2D eigenvalue weighted by atomic mass is 10.1. The van der Waals surface area contributed by atoms with Crippen molar-refractivity contribution in [1.82, 2.24) is 4.90 Å². The van der Waals surface area contributed by atoms with E-state index in [0.717, 1.165) is 23.1 Å². The fourth-order valence-electron chi connectivity index (χ4n) is 2.20. The van der Waals surface area contributed by atoms with E-state index in [2.05, 4.69) is 34.7 Å². The highest BCUT2D eigenvalue weighted by Crippen LogP contribution is 2.25. The van der Waals surface area contributed by atoms with E-state index in [1.807, 2.05) is 25.2 Å². The van der Waals surface area contributed by atoms with Crippen molar-refractivity contribution in [2.24, 2.45) is 0 Å². The Hall–Kier alpha value is -0.870. The molecule has 0 aromatic heterocycles. The quantitative estimate of drug-likeness (QED) is 0.714. The number of nitrogens with zero attached hydrogens (tertiary/aromatic N) is 1. The summed E-state index contributed by atoms with van der Waals surface area (Å²) in [6, 6.07) is 5.91. The summed E-state index contributed by atoms with van der Waals surface area (Å²) in [6.07, 6.45) is 2.12. The molecule has 0 saturated heterocycles. The van der Waals surface area contributed by atoms with E-state index < -0.39 is 0 Å². The average Bonchev–Trinajstić information content (AvgIpc) is 2.39. The van der Waals surface area contributed by atoms with Gasteiger partial charge >= 0.3 is 0 Å². The molecule has 0 bridgehead atoms. The summed E-state index contributed by atoms with van der Waals surface area (Å²) in [6.45, 7) is 4.75. The molecule has 0 N–H and O–H groups in total. The highest BCUT2D eigenvalue weighted by atomic mass is 79.9. The molecule has 1 rings (SSSR count). The first kappa shape index (κ1) is 16.2. The molecule has 0 radical (unpaired) electrons. The van der Waals surface area contributed by atoms with Gasteiger partial charge in [-0.3, -0.25) is 9.69 Å². The first-order valence-corrected chi connectivity index (χ1v) is 7.39. The van der Waals surface area contributed by atoms with Gasteiger partial charge < -0.3 is 4.74 Å². The van der Waals surface area contributed by atoms with Gasteiger partial charge in [0, 0.05) is 11.6 Å². The highest BCUT2D eigenvalue weighted by molar-refractivity contribution is 9.10. The van der Waals surface area contributed by atoms with Crippen LogP contribution < -0.4 is 4.74 Å². The molecule has 0 unspecified atom stereocenters. The zero-order valence-electron chi connectivity index (χ0n) is 12.1. The number of likely N-dealkylation sites (N-methyl/N-ethyl adjacent to an activating group) is 1. The van der Waals surface area contributed by atoms with Crippen molar-refractivity contribution in [2.75, 3.05) is 20.7 Å². The molecule has 106 valence electrons. The van der Waals surface area contributed by atoms with Gasteiger partial charge in [-0.1, -0.05) is 13.8 Å². The smallest absolute Gasteiger partial charge is 0.176 e. The number of ketones is 1. The minimum atomic E-state index is 0.137. The van der Waals surface area contributed by atoms with Crippen molar-refractivity contribution in [2.45, 2.75) is 32.7 Å². The second-order valence-electron chi connectivity index (χ2n) is 4.66. The lowest BCUT2D eigenvalue weighted by molar-refractivity contribution is 0.0915. The molecule has 3 nitrogen and oxygen atoms in total. The van der Waals surface area contributed by atoms with E-state index in [9.17, 15) is 4.79 Å². The molecule has 19 heavy (non-hydrogen) atoms. The van der Waals surface area contributed by atoms with E-state index in [1.165, 1.54) is 0 Å². The molecule has 0 saturated carbocycles. The Morgan fingerprint density at radius 1 is 1.37 bits per heavy atom. The van der Waals surface area contributed by atoms with E-state index in [0.29, 0.717) is 18.2 Å². The van der Waals surface area contributed by atoms with Crippen LogP contribution in [0, 0.1) is 0 Å². The third-order valence-corrected chi connectivity index (χ3v) is 4.05. The molecule has 0 amide bonds. The van der Waals surface area contributed by atoms with Gasteiger partial charge in [-0.25, -0.2) is 0 Å². The Balaban J connectivity index is 2.75. The molecule has 0 spiro atoms. The van der Waals surface area contributed by atoms with Crippen LogP contribution in [-0.4, -0.2) is 37.4 Å². The van der Waals surface area contributed by atoms with Gasteiger partial charge in [0.25, 0.3) is 0 Å². The number of methoxy groups -OCH3 is 1. The van der Waals surface area contributed by atoms with Gasteiger partial charge in [0.2, 0.25) is 0 Å². The van der Waals surface area contributed by atoms with Gasteiger partial charge in [-0.2, -0.15) is 0 Å². The monoisotopic (exact) mass is 327 g/mol. The summed E-state index contributed by atoms with van der Waals surface area (Å²) < 4.78 is 5.98. The van der Waals surface area contributed by atoms with Crippen LogP contribution in [0.5, 0.6) is 5.75 Å². The number of hydrogen-bond donors (Lipinski definition) is 0. The predicted octanol–water partition coefficient (Wildman–Crippen LogP) is 3.76. The SMILES string of the molecule is CCC(CC)N(C)CC(=O)c1ccc(OC)c(Br)c1. The molecule has 0 atom stereocenters. The maximum absolute atomic E-state index is 12.2. The fourth-order valence-corrected chi connectivity index (χ4v) is 2.74. The number of halogens is 1. The molecule has 4 heteroatoms. The zero-order valence-corrected chi connectivity index (χ0v) is 13.7. The summed E-state index contributed by atoms with van der Waals surface area (Å²) in [5.74, 6) is 0.877. The number of benzene rings is 1. The topological polar surface area (TPSA) is 29.5 Å². The van der Waals surface area contributed by atoms with Crippen molar-refractivity contribution in [3.05, 3.63) is 28.2 Å². The predicted molar refractivity (Wildman–Crippen MR) is 82.0 cm³/mol. The largest absolute Gasteiger partial charge is 0.496 e. The molecule has 1 aromatic carbocycles. The Morgan fingerprint density at radius 2 is 2.00 bits per heavy atom. The summed E-state index contributed by atoms with van der Waals surface area (Å²) in [5, 5.41) is 0. The van der Waals surface area contributed by atoms with Crippen LogP contribution in [0.15, 0.2) is 22.7 Å². The van der Waals surface area contributed by atoms with Crippen molar-refractivity contribution in [3.8, 4) is 5.75 Å². The van der Waals surface area contributed by atoms with E-state index in [4.69, 9.17) is 4.74 Å². The second kappa shape index (κ2) is 7.65. The minimum Gasteiger partial charge on any atom is -0.496 e. The number of Topliss-reactive ketones (excluding diaryl/α,β-unsaturated/α-hetero) is 1. The van der Waals surface area contributed by atoms with E-state index in [1.54, 1.807) is 7.11 Å². The summed E-state index contributed by atoms with van der Waals surface area (Å²) in [5.41, 5.74) is 0.713. The molecular weight excluding hydrogens is 306 g/mol. The molecule has 0 aliphatic rings. The fraction of sp³-hybridized carbons (Fsp3) is 0.533. The van der Waals surface area contributed by atoms with Gasteiger partial charge in [-0.15, -0.1) is 0 Å². The zero-order chi connectivity index (χ0) is 14.4. The number of hydrogen-bond acceptors (Lipinski definition) is 3. The van der Waals surface area contributed by atoms with Gasteiger partial charge in [-0.05, 0) is 54.0 Å². The third-order valence-electron chi connectivity index (χ3n) is 3.43. The first-order valence-electron chi connectivity index (χ1n) is 6.60. The number of ether oxygens (including phenoxy) is 1. The third kappa shape index (κ3) is 4.32. The molecule has 0 heterocycles. The van der Waals surface area contributed by atoms with Gasteiger partial charge in [0.1, 0.15) is 5.75 Å². The van der Waals surface area contributed by atoms with Crippen LogP contribution in [0.4, 0.5) is 0 Å². The summed E-state index contributed by atoms with van der Waals surface area (Å²) in [4.78, 5) is 14.4. The Labute approximate surface area is 124 Å². The van der Waals surface area contributed by atoms with Crippen LogP contribution in [0.1, 0.15) is 37.0 Å². The number of carbonyl (C=O) groups is 1. The van der Waals surface area contributed by atoms with Crippen LogP contribution in [-0.2, 0) is 0 Å². The average molecular weight is 328 g/mol. The lowest BCUT2D eigenvalue weighted by Crippen LogP contribution is -2.35. The number of carbonyl (C=O) groups excluding carboxylic acids is 1. The van der Waals surface area contributed by atoms with Gasteiger partial charge in [0.15, 0.2) is 5.78 Å². The Morgan fingerprint density at radius 3 is 2.47 bits per heavy atom. The normalized spacial score (nSPS) is 11.1. The highest BCUT2D eigenvalue weighted by Gasteiger charge is 2.16. The van der Waals surface area contributed by atoms with Crippen LogP contribution in [0.3, 0.4) is 0 Å². The van der Waals surface area contributed by atoms with Crippen molar-refractivity contribution >= 4 is 21.7 Å². The maximum atomic E-state index is 12.2. The van der Waals surface area contributed by atoms with E-state index in [-0.39, 0.29) is 5.78 Å². The van der Waals surface area contributed by atoms with Crippen molar-refractivity contribution in [3.63, 3.8) is 0 Å². The maximum Gasteiger partial charge on any atom is 0.176 e. The Kier molecular flexibility index (Phi) is 6.52. The molecule has 0 aliphatic carbocycles. The van der Waals surface area contributed by atoms with Crippen LogP contribution in [0.2, 0.25) is 0 Å². The van der Waals surface area contributed by atoms with Crippen LogP contribution >= 0.6 is 15.9 Å². The summed E-state index contributed by atoms with van der Waals surface area (Å²) >= 11 is 3.41. The number of rotatable bonds is 7. The second-order valence-corrected chi connectivity index (χ2v) is 5.51. The molecular formula is C15H22BrNO2. The van der Waals surface area contributed by atoms with Crippen molar-refractivity contribution < 1.29 is 9.53 Å². The molecule has 0 aliphatic heterocycles.